The maximum absolute atomic E-state index is 13.3. The molecule has 2 aromatic carbocycles. The smallest absolute Gasteiger partial charge is 0.250 e. The van der Waals surface area contributed by atoms with Crippen LogP contribution in [0.1, 0.15) is 43.7 Å². The molecule has 0 aromatic heterocycles. The van der Waals surface area contributed by atoms with Gasteiger partial charge in [0.1, 0.15) is 5.54 Å². The van der Waals surface area contributed by atoms with Gasteiger partial charge in [0.15, 0.2) is 0 Å². The summed E-state index contributed by atoms with van der Waals surface area (Å²) in [5.74, 6) is -0.180. The Kier molecular flexibility index (Phi) is 5.71. The first-order valence-electron chi connectivity index (χ1n) is 9.37. The minimum atomic E-state index is -0.906. The first-order chi connectivity index (χ1) is 12.6. The quantitative estimate of drug-likeness (QED) is 0.860. The summed E-state index contributed by atoms with van der Waals surface area (Å²) in [6.45, 7) is 2.09. The van der Waals surface area contributed by atoms with Crippen LogP contribution in [0.4, 0.5) is 5.69 Å². The van der Waals surface area contributed by atoms with Crippen molar-refractivity contribution in [2.45, 2.75) is 51.0 Å². The molecule has 2 amide bonds. The average molecular weight is 350 g/mol. The molecule has 1 aliphatic heterocycles. The van der Waals surface area contributed by atoms with E-state index in [1.807, 2.05) is 54.6 Å². The summed E-state index contributed by atoms with van der Waals surface area (Å²) in [7, 11) is 0. The van der Waals surface area contributed by atoms with E-state index in [-0.39, 0.29) is 11.8 Å². The van der Waals surface area contributed by atoms with Crippen LogP contribution in [-0.2, 0) is 22.4 Å². The second kappa shape index (κ2) is 8.17. The summed E-state index contributed by atoms with van der Waals surface area (Å²) in [5, 5.41) is 6.08. The predicted molar refractivity (Wildman–Crippen MR) is 104 cm³/mol. The first-order valence-corrected chi connectivity index (χ1v) is 9.37. The van der Waals surface area contributed by atoms with Crippen molar-refractivity contribution >= 4 is 17.5 Å². The molecule has 1 unspecified atom stereocenters. The summed E-state index contributed by atoms with van der Waals surface area (Å²) in [5.41, 5.74) is 2.09. The minimum absolute atomic E-state index is 0.0455. The molecular weight excluding hydrogens is 324 g/mol. The number of hydrogen-bond acceptors (Lipinski definition) is 2. The molecule has 4 nitrogen and oxygen atoms in total. The number of carbonyl (C=O) groups is 2. The van der Waals surface area contributed by atoms with E-state index < -0.39 is 5.54 Å². The Balaban J connectivity index is 1.88. The van der Waals surface area contributed by atoms with Crippen molar-refractivity contribution in [3.05, 3.63) is 65.7 Å². The number of benzene rings is 2. The molecule has 0 spiro atoms. The highest BCUT2D eigenvalue weighted by atomic mass is 16.2. The monoisotopic (exact) mass is 350 g/mol. The van der Waals surface area contributed by atoms with E-state index in [9.17, 15) is 9.59 Å². The highest BCUT2D eigenvalue weighted by molar-refractivity contribution is 6.01. The van der Waals surface area contributed by atoms with Gasteiger partial charge in [-0.2, -0.15) is 0 Å². The molecule has 1 heterocycles. The highest BCUT2D eigenvalue weighted by Crippen LogP contribution is 2.26. The van der Waals surface area contributed by atoms with Crippen LogP contribution >= 0.6 is 0 Å². The van der Waals surface area contributed by atoms with Gasteiger partial charge in [0, 0.05) is 18.5 Å². The zero-order valence-electron chi connectivity index (χ0n) is 15.3. The van der Waals surface area contributed by atoms with E-state index in [2.05, 4.69) is 17.6 Å². The molecule has 2 N–H and O–H groups in total. The van der Waals surface area contributed by atoms with Crippen molar-refractivity contribution in [3.8, 4) is 0 Å². The summed E-state index contributed by atoms with van der Waals surface area (Å²) >= 11 is 0. The number of nitrogens with one attached hydrogen (secondary N) is 2. The molecule has 3 rings (SSSR count). The fourth-order valence-corrected chi connectivity index (χ4v) is 3.55. The molecule has 0 aliphatic carbocycles. The Morgan fingerprint density at radius 1 is 1.08 bits per heavy atom. The minimum Gasteiger partial charge on any atom is -0.341 e. The van der Waals surface area contributed by atoms with Crippen molar-refractivity contribution in [2.24, 2.45) is 0 Å². The summed E-state index contributed by atoms with van der Waals surface area (Å²) < 4.78 is 0. The lowest BCUT2D eigenvalue weighted by molar-refractivity contribution is -0.130. The third-order valence-corrected chi connectivity index (χ3v) is 5.01. The van der Waals surface area contributed by atoms with Crippen LogP contribution in [0.15, 0.2) is 54.6 Å². The van der Waals surface area contributed by atoms with Crippen molar-refractivity contribution < 1.29 is 9.59 Å². The van der Waals surface area contributed by atoms with Gasteiger partial charge in [-0.05, 0) is 42.5 Å². The SMILES string of the molecule is CCc1cccc(NC(=O)C2(Cc3ccccc3)CCCCC(=O)N2)c1. The normalized spacial score (nSPS) is 20.1. The van der Waals surface area contributed by atoms with E-state index in [4.69, 9.17) is 0 Å². The average Bonchev–Trinajstić information content (AvgIpc) is 2.84. The van der Waals surface area contributed by atoms with Crippen LogP contribution in [0.5, 0.6) is 0 Å². The zero-order chi connectivity index (χ0) is 18.4. The van der Waals surface area contributed by atoms with E-state index in [1.165, 1.54) is 5.56 Å². The summed E-state index contributed by atoms with van der Waals surface area (Å²) in [6.07, 6.45) is 4.21. The third-order valence-electron chi connectivity index (χ3n) is 5.01. The van der Waals surface area contributed by atoms with Crippen molar-refractivity contribution in [2.75, 3.05) is 5.32 Å². The van der Waals surface area contributed by atoms with Crippen LogP contribution in [-0.4, -0.2) is 17.4 Å². The van der Waals surface area contributed by atoms with Gasteiger partial charge < -0.3 is 10.6 Å². The molecule has 2 aromatic rings. The molecule has 0 saturated carbocycles. The largest absolute Gasteiger partial charge is 0.341 e. The summed E-state index contributed by atoms with van der Waals surface area (Å²) in [6, 6.07) is 17.8. The van der Waals surface area contributed by atoms with Gasteiger partial charge in [-0.1, -0.05) is 55.8 Å². The lowest BCUT2D eigenvalue weighted by atomic mass is 9.85. The standard InChI is InChI=1S/C22H26N2O2/c1-2-17-11-8-12-19(15-17)23-21(26)22(14-7-6-13-20(25)24-22)16-18-9-4-3-5-10-18/h3-5,8-12,15H,2,6-7,13-14,16H2,1H3,(H,23,26)(H,24,25). The first kappa shape index (κ1) is 18.2. The lowest BCUT2D eigenvalue weighted by Crippen LogP contribution is -2.57. The molecule has 1 saturated heterocycles. The number of hydrogen-bond donors (Lipinski definition) is 2. The van der Waals surface area contributed by atoms with Gasteiger partial charge in [0.25, 0.3) is 0 Å². The Morgan fingerprint density at radius 3 is 2.62 bits per heavy atom. The Labute approximate surface area is 155 Å². The fraction of sp³-hybridized carbons (Fsp3) is 0.364. The van der Waals surface area contributed by atoms with Gasteiger partial charge >= 0.3 is 0 Å². The highest BCUT2D eigenvalue weighted by Gasteiger charge is 2.40. The zero-order valence-corrected chi connectivity index (χ0v) is 15.3. The Morgan fingerprint density at radius 2 is 1.85 bits per heavy atom. The van der Waals surface area contributed by atoms with E-state index in [1.54, 1.807) is 0 Å². The number of anilines is 1. The lowest BCUT2D eigenvalue weighted by Gasteiger charge is -2.32. The van der Waals surface area contributed by atoms with Crippen LogP contribution < -0.4 is 10.6 Å². The third kappa shape index (κ3) is 4.31. The van der Waals surface area contributed by atoms with E-state index >= 15 is 0 Å². The molecule has 1 aliphatic rings. The molecule has 136 valence electrons. The fourth-order valence-electron chi connectivity index (χ4n) is 3.55. The van der Waals surface area contributed by atoms with E-state index in [0.717, 1.165) is 30.5 Å². The second-order valence-electron chi connectivity index (χ2n) is 7.01. The number of amides is 2. The van der Waals surface area contributed by atoms with Crippen molar-refractivity contribution in [3.63, 3.8) is 0 Å². The second-order valence-corrected chi connectivity index (χ2v) is 7.01. The Hall–Kier alpha value is -2.62. The van der Waals surface area contributed by atoms with Crippen molar-refractivity contribution in [1.82, 2.24) is 5.32 Å². The number of rotatable bonds is 5. The number of aryl methyl sites for hydroxylation is 1. The Bertz CT molecular complexity index is 773. The molecule has 0 radical (unpaired) electrons. The van der Waals surface area contributed by atoms with Gasteiger partial charge in [0.05, 0.1) is 0 Å². The summed E-state index contributed by atoms with van der Waals surface area (Å²) in [4.78, 5) is 25.5. The van der Waals surface area contributed by atoms with Crippen LogP contribution in [0, 0.1) is 0 Å². The molecule has 1 atom stereocenters. The van der Waals surface area contributed by atoms with Gasteiger partial charge in [-0.3, -0.25) is 9.59 Å². The maximum atomic E-state index is 13.3. The molecule has 1 fully saturated rings. The number of carbonyl (C=O) groups excluding carboxylic acids is 2. The maximum Gasteiger partial charge on any atom is 0.250 e. The van der Waals surface area contributed by atoms with Crippen molar-refractivity contribution in [1.29, 1.82) is 0 Å². The van der Waals surface area contributed by atoms with Crippen LogP contribution in [0.3, 0.4) is 0 Å². The van der Waals surface area contributed by atoms with Gasteiger partial charge in [0.2, 0.25) is 11.8 Å². The van der Waals surface area contributed by atoms with E-state index in [0.29, 0.717) is 19.3 Å². The molecule has 0 bridgehead atoms. The predicted octanol–water partition coefficient (Wildman–Crippen LogP) is 3.86. The molecule has 26 heavy (non-hydrogen) atoms. The van der Waals surface area contributed by atoms with Crippen LogP contribution in [0.25, 0.3) is 0 Å². The van der Waals surface area contributed by atoms with Crippen LogP contribution in [0.2, 0.25) is 0 Å². The van der Waals surface area contributed by atoms with Gasteiger partial charge in [-0.25, -0.2) is 0 Å². The van der Waals surface area contributed by atoms with Gasteiger partial charge in [-0.15, -0.1) is 0 Å². The topological polar surface area (TPSA) is 58.2 Å². The molecule has 4 heteroatoms. The molecular formula is C22H26N2O2.